The van der Waals surface area contributed by atoms with Crippen LogP contribution in [0.15, 0.2) is 150 Å². The van der Waals surface area contributed by atoms with E-state index in [2.05, 4.69) is 50.5 Å². The lowest BCUT2D eigenvalue weighted by Crippen LogP contribution is -2.58. The lowest BCUT2D eigenvalue weighted by molar-refractivity contribution is -0.288. The Morgan fingerprint density at radius 2 is 0.649 bits per heavy atom. The zero-order valence-corrected chi connectivity index (χ0v) is 61.4. The first kappa shape index (κ1) is 78.5. The Kier molecular flexibility index (Phi) is 31.7. The molecule has 0 radical (unpaired) electrons. The van der Waals surface area contributed by atoms with Crippen molar-refractivity contribution in [1.29, 1.82) is 0 Å². The second-order valence-corrected chi connectivity index (χ2v) is 26.8. The number of ether oxygens (including phenoxy) is 14. The van der Waals surface area contributed by atoms with E-state index >= 15 is 0 Å². The van der Waals surface area contributed by atoms with E-state index in [4.69, 9.17) is 66.3 Å². The molecule has 4 heterocycles. The monoisotopic (exact) mass is 1520 g/mol. The van der Waals surface area contributed by atoms with Gasteiger partial charge >= 0.3 is 29.8 Å². The summed E-state index contributed by atoms with van der Waals surface area (Å²) in [4.78, 5) is 59.6. The first-order valence-electron chi connectivity index (χ1n) is 33.5. The summed E-state index contributed by atoms with van der Waals surface area (Å²) in [6, 6.07) is 47.3. The number of halogens is 2. The molecule has 9 rings (SSSR count). The zero-order chi connectivity index (χ0) is 68.8. The average molecular weight is 1520 g/mol. The zero-order valence-electron chi connectivity index (χ0n) is 57.5. The summed E-state index contributed by atoms with van der Waals surface area (Å²) in [7, 11) is 0. The van der Waals surface area contributed by atoms with Gasteiger partial charge in [-0.1, -0.05) is 179 Å². The smallest absolute Gasteiger partial charge is 0.305 e. The van der Waals surface area contributed by atoms with Gasteiger partial charge in [-0.05, 0) is 107 Å². The van der Waals surface area contributed by atoms with E-state index in [9.17, 15) is 24.0 Å². The van der Waals surface area contributed by atoms with E-state index in [0.29, 0.717) is 38.4 Å². The van der Waals surface area contributed by atoms with Crippen molar-refractivity contribution in [3.05, 3.63) is 172 Å². The lowest BCUT2D eigenvalue weighted by atomic mass is 9.74. The summed E-state index contributed by atoms with van der Waals surface area (Å²) < 4.78 is 88.0. The Labute approximate surface area is 597 Å². The predicted octanol–water partition coefficient (Wildman–Crippen LogP) is 13.4. The van der Waals surface area contributed by atoms with Crippen LogP contribution in [0.4, 0.5) is 0 Å². The van der Waals surface area contributed by atoms with Crippen LogP contribution in [0.5, 0.6) is 5.75 Å². The molecule has 4 saturated heterocycles. The minimum Gasteiger partial charge on any atom is -0.463 e. The van der Waals surface area contributed by atoms with Gasteiger partial charge in [-0.25, -0.2) is 0 Å². The van der Waals surface area contributed by atoms with Crippen molar-refractivity contribution < 1.29 is 90.3 Å². The quantitative estimate of drug-likeness (QED) is 0.0271. The molecule has 21 heteroatoms. The van der Waals surface area contributed by atoms with Gasteiger partial charge in [-0.2, -0.15) is 0 Å². The van der Waals surface area contributed by atoms with Crippen LogP contribution in [0.2, 0.25) is 0 Å². The fourth-order valence-electron chi connectivity index (χ4n) is 13.3. The molecule has 4 aliphatic rings. The van der Waals surface area contributed by atoms with Crippen LogP contribution < -0.4 is 4.74 Å². The third kappa shape index (κ3) is 23.6. The topological polar surface area (TPSA) is 215 Å². The predicted molar refractivity (Wildman–Crippen MR) is 374 cm³/mol. The van der Waals surface area contributed by atoms with Gasteiger partial charge in [-0.3, -0.25) is 24.0 Å². The summed E-state index contributed by atoms with van der Waals surface area (Å²) >= 11 is 3.50. The fourth-order valence-corrected chi connectivity index (χ4v) is 13.5. The van der Waals surface area contributed by atoms with Crippen LogP contribution in [0, 0.1) is 47.3 Å². The van der Waals surface area contributed by atoms with Crippen LogP contribution in [0.1, 0.15) is 111 Å². The first-order valence-corrected chi connectivity index (χ1v) is 34.3. The average Bonchev–Trinajstić information content (AvgIpc) is 0.787. The number of hydrogen-bond acceptors (Lipinski definition) is 19. The van der Waals surface area contributed by atoms with Gasteiger partial charge in [0.05, 0.1) is 75.3 Å². The van der Waals surface area contributed by atoms with Crippen molar-refractivity contribution in [1.82, 2.24) is 0 Å². The summed E-state index contributed by atoms with van der Waals surface area (Å²) in [5, 5.41) is 0. The summed E-state index contributed by atoms with van der Waals surface area (Å²) in [6.45, 7) is 21.3. The van der Waals surface area contributed by atoms with E-state index in [1.54, 1.807) is 0 Å². The fraction of sp³-hybridized carbons (Fsp3) is 0.539. The van der Waals surface area contributed by atoms with Crippen molar-refractivity contribution in [3.8, 4) is 5.75 Å². The Morgan fingerprint density at radius 1 is 0.351 bits per heavy atom. The van der Waals surface area contributed by atoms with Gasteiger partial charge in [0.25, 0.3) is 0 Å². The summed E-state index contributed by atoms with van der Waals surface area (Å²) in [5.41, 5.74) is 4.09. The van der Waals surface area contributed by atoms with E-state index in [1.807, 2.05) is 153 Å². The highest BCUT2D eigenvalue weighted by Gasteiger charge is 2.53. The van der Waals surface area contributed by atoms with E-state index < -0.39 is 55.0 Å². The Balaban J connectivity index is 0.000000272. The van der Waals surface area contributed by atoms with Gasteiger partial charge in [0.2, 0.25) is 12.6 Å². The van der Waals surface area contributed by atoms with Gasteiger partial charge in [0, 0.05) is 39.1 Å². The molecule has 4 aliphatic heterocycles. The van der Waals surface area contributed by atoms with Gasteiger partial charge < -0.3 is 66.3 Å². The molecule has 0 unspecified atom stereocenters. The van der Waals surface area contributed by atoms with Crippen molar-refractivity contribution in [2.75, 3.05) is 26.4 Å². The Hall–Kier alpha value is -5.86. The molecule has 20 atom stereocenters. The molecule has 0 amide bonds. The number of carbonyl (C=O) groups is 5. The molecular formula is C76H98BrIO19. The second kappa shape index (κ2) is 39.2. The molecule has 0 N–H and O–H groups in total. The van der Waals surface area contributed by atoms with Crippen LogP contribution >= 0.6 is 39.9 Å². The first-order chi connectivity index (χ1) is 46.1. The molecule has 530 valence electrons. The molecule has 4 fully saturated rings. The van der Waals surface area contributed by atoms with E-state index in [-0.39, 0.29) is 153 Å². The van der Waals surface area contributed by atoms with Crippen LogP contribution in [0.25, 0.3) is 0 Å². The normalized spacial score (nSPS) is 30.0. The van der Waals surface area contributed by atoms with Crippen molar-refractivity contribution >= 4 is 69.8 Å². The molecule has 97 heavy (non-hydrogen) atoms. The van der Waals surface area contributed by atoms with Gasteiger partial charge in [-0.15, -0.1) is 24.0 Å². The Bertz CT molecular complexity index is 3170. The highest BCUT2D eigenvalue weighted by molar-refractivity contribution is 14.0. The number of carbonyl (C=O) groups excluding carboxylic acids is 5. The molecule has 0 spiro atoms. The lowest BCUT2D eigenvalue weighted by Gasteiger charge is -2.49. The molecule has 0 aromatic heterocycles. The third-order valence-corrected chi connectivity index (χ3v) is 19.7. The molecule has 0 aliphatic carbocycles. The molecule has 5 aromatic rings. The Morgan fingerprint density at radius 3 is 0.969 bits per heavy atom. The van der Waals surface area contributed by atoms with Gasteiger partial charge in [0.15, 0.2) is 0 Å². The molecule has 19 nitrogen and oxygen atoms in total. The number of hydrogen-bond donors (Lipinski definition) is 0. The molecule has 0 saturated carbocycles. The molecular weight excluding hydrogens is 1420 g/mol. The van der Waals surface area contributed by atoms with Crippen LogP contribution in [-0.2, 0) is 112 Å². The minimum atomic E-state index is -1.04. The maximum atomic E-state index is 12.3. The van der Waals surface area contributed by atoms with E-state index in [0.717, 1.165) is 26.7 Å². The highest BCUT2D eigenvalue weighted by atomic mass is 127. The van der Waals surface area contributed by atoms with Gasteiger partial charge in [0.1, 0.15) is 44.4 Å². The summed E-state index contributed by atoms with van der Waals surface area (Å²) in [5.74, 6) is -1.92. The number of rotatable bonds is 27. The maximum absolute atomic E-state index is 12.3. The second-order valence-electron chi connectivity index (χ2n) is 25.9. The van der Waals surface area contributed by atoms with Crippen LogP contribution in [-0.4, -0.2) is 130 Å². The maximum Gasteiger partial charge on any atom is 0.305 e. The number of esters is 5. The largest absolute Gasteiger partial charge is 0.463 e. The van der Waals surface area contributed by atoms with E-state index in [1.165, 1.54) is 34.6 Å². The van der Waals surface area contributed by atoms with Crippen molar-refractivity contribution in [3.63, 3.8) is 0 Å². The van der Waals surface area contributed by atoms with Crippen molar-refractivity contribution in [2.24, 2.45) is 47.3 Å². The standard InChI is InChI=1S/C40H49BrO9.C36H48O10.HI/c1-25-26(2)38(46-21-30-12-8-6-9-13-30)35(49-36(25)23-44-28(4)42)20-34-27(3)37(24-45-29(5)43)50-40(48-33-18-16-32(41)17-19-33)39(34)47-22-31-14-10-7-11-15-31;1-22-23(2)34(42-18-28-13-9-7-10-14-28)31(45-32(22)20-40-25(4)37)17-30-24(3)33(21-41-26(5)38)46-36(44-27(6)39)35(30)43-19-29-15-11-8-12-16-29;/h6-19,25-27,34-40H,20-24H2,1-5H3;7-16,22-24,30-36H,17-21H2,1-6H3;1H/t25-,26-,27-,34-,35+,36+,37+,38-,39-,40-;22-,23-,24-,30-,31+,32+,33+,34-,35-,36-;/m00./s1. The summed E-state index contributed by atoms with van der Waals surface area (Å²) in [6.07, 6.45) is -5.09. The molecule has 5 aromatic carbocycles. The number of benzene rings is 5. The van der Waals surface area contributed by atoms with Crippen LogP contribution in [0.3, 0.4) is 0 Å². The minimum absolute atomic E-state index is 0. The van der Waals surface area contributed by atoms with Crippen molar-refractivity contribution in [2.45, 2.75) is 189 Å². The molecule has 0 bridgehead atoms. The highest BCUT2D eigenvalue weighted by Crippen LogP contribution is 2.45. The third-order valence-electron chi connectivity index (χ3n) is 19.1. The SMILES string of the molecule is CC(=O)OC[C@H]1O[C@H](C[C@H]2[C@H](C)[C@@H](COC(C)=O)O[C@H](OC(C)=O)[C@H]2OCc2ccccc2)[C@@H](OCc2ccccc2)[C@@H](C)[C@@H]1C.CC(=O)OC[C@H]1O[C@H](C[C@H]2[C@H](C)[C@@H](COC(C)=O)O[C@H](Oc3ccc(Br)cc3)[C@H]2OCc2ccccc2)[C@@H](OCc2ccccc2)[C@@H](C)[C@@H]1C.I.